The largest absolute Gasteiger partial charge is 0.462 e. The first kappa shape index (κ1) is 72.1. The van der Waals surface area contributed by atoms with Gasteiger partial charge in [0.1, 0.15) is 13.2 Å². The van der Waals surface area contributed by atoms with Crippen molar-refractivity contribution in [2.24, 2.45) is 0 Å². The van der Waals surface area contributed by atoms with Crippen LogP contribution >= 0.6 is 0 Å². The highest BCUT2D eigenvalue weighted by Gasteiger charge is 2.19. The normalized spacial score (nSPS) is 12.4. The number of unbranched alkanes of at least 4 members (excludes halogenated alkanes) is 39. The number of carbonyl (C=O) groups is 3. The van der Waals surface area contributed by atoms with Crippen LogP contribution in [0.2, 0.25) is 0 Å². The summed E-state index contributed by atoms with van der Waals surface area (Å²) in [7, 11) is 0. The van der Waals surface area contributed by atoms with Gasteiger partial charge in [-0.05, 0) is 83.5 Å². The molecule has 0 saturated carbocycles. The quantitative estimate of drug-likeness (QED) is 0.0261. The molecule has 0 spiro atoms. The van der Waals surface area contributed by atoms with Crippen molar-refractivity contribution in [1.82, 2.24) is 0 Å². The highest BCUT2D eigenvalue weighted by Crippen LogP contribution is 2.17. The fourth-order valence-electron chi connectivity index (χ4n) is 9.61. The zero-order valence-electron chi connectivity index (χ0n) is 50.1. The minimum atomic E-state index is -0.781. The van der Waals surface area contributed by atoms with Gasteiger partial charge in [-0.3, -0.25) is 14.4 Å². The summed E-state index contributed by atoms with van der Waals surface area (Å²) in [5.41, 5.74) is 0. The van der Waals surface area contributed by atoms with Crippen LogP contribution in [0.1, 0.15) is 342 Å². The van der Waals surface area contributed by atoms with Gasteiger partial charge in [-0.15, -0.1) is 0 Å². The Kier molecular flexibility index (Phi) is 61.2. The third-order valence-electron chi connectivity index (χ3n) is 14.5. The first-order valence-electron chi connectivity index (χ1n) is 32.8. The summed E-state index contributed by atoms with van der Waals surface area (Å²) >= 11 is 0. The van der Waals surface area contributed by atoms with Gasteiger partial charge in [0.15, 0.2) is 6.10 Å². The van der Waals surface area contributed by atoms with E-state index < -0.39 is 6.10 Å². The average Bonchev–Trinajstić information content (AvgIpc) is 3.41. The van der Waals surface area contributed by atoms with E-state index in [1.807, 2.05) is 0 Å². The maximum atomic E-state index is 12.9. The molecule has 0 heterocycles. The molecule has 0 N–H and O–H groups in total. The second-order valence-electron chi connectivity index (χ2n) is 22.0. The van der Waals surface area contributed by atoms with Crippen LogP contribution < -0.4 is 0 Å². The molecule has 1 unspecified atom stereocenters. The lowest BCUT2D eigenvalue weighted by molar-refractivity contribution is -0.167. The highest BCUT2D eigenvalue weighted by molar-refractivity contribution is 5.71. The maximum absolute atomic E-state index is 12.9. The van der Waals surface area contributed by atoms with Crippen molar-refractivity contribution < 1.29 is 28.6 Å². The van der Waals surface area contributed by atoms with Crippen molar-refractivity contribution in [3.63, 3.8) is 0 Å². The van der Waals surface area contributed by atoms with Crippen molar-refractivity contribution in [1.29, 1.82) is 0 Å². The zero-order chi connectivity index (χ0) is 54.3. The topological polar surface area (TPSA) is 78.9 Å². The van der Waals surface area contributed by atoms with Gasteiger partial charge >= 0.3 is 17.9 Å². The molecule has 0 aromatic heterocycles. The van der Waals surface area contributed by atoms with Crippen LogP contribution in [-0.2, 0) is 28.6 Å². The van der Waals surface area contributed by atoms with Crippen LogP contribution in [0, 0.1) is 0 Å². The number of esters is 3. The third-order valence-corrected chi connectivity index (χ3v) is 14.5. The second kappa shape index (κ2) is 63.6. The molecule has 75 heavy (non-hydrogen) atoms. The average molecular weight is 1050 g/mol. The van der Waals surface area contributed by atoms with Gasteiger partial charge in [-0.25, -0.2) is 0 Å². The molecule has 1 atom stereocenters. The number of ether oxygens (including phenoxy) is 3. The Morgan fingerprint density at radius 1 is 0.280 bits per heavy atom. The summed E-state index contributed by atoms with van der Waals surface area (Å²) in [6.07, 6.45) is 80.9. The molecule has 0 fully saturated rings. The Morgan fingerprint density at radius 2 is 0.520 bits per heavy atom. The lowest BCUT2D eigenvalue weighted by Crippen LogP contribution is -2.30. The molecule has 0 bridgehead atoms. The third kappa shape index (κ3) is 61.8. The summed E-state index contributed by atoms with van der Waals surface area (Å²) in [6.45, 7) is 6.56. The maximum Gasteiger partial charge on any atom is 0.306 e. The van der Waals surface area contributed by atoms with Crippen LogP contribution in [0.4, 0.5) is 0 Å². The first-order valence-corrected chi connectivity index (χ1v) is 32.8. The Hall–Kier alpha value is -2.89. The van der Waals surface area contributed by atoms with Gasteiger partial charge in [0.2, 0.25) is 0 Å². The Balaban J connectivity index is 4.32. The van der Waals surface area contributed by atoms with Crippen LogP contribution in [-0.4, -0.2) is 37.2 Å². The predicted octanol–water partition coefficient (Wildman–Crippen LogP) is 22.3. The number of allylic oxidation sites excluding steroid dienone is 10. The molecule has 0 rings (SSSR count). The minimum absolute atomic E-state index is 0.0766. The number of carbonyl (C=O) groups excluding carboxylic acids is 3. The molecular formula is C69H124O6. The minimum Gasteiger partial charge on any atom is -0.462 e. The Bertz CT molecular complexity index is 1340. The van der Waals surface area contributed by atoms with E-state index in [1.54, 1.807) is 0 Å². The number of hydrogen-bond acceptors (Lipinski definition) is 6. The monoisotopic (exact) mass is 1050 g/mol. The van der Waals surface area contributed by atoms with E-state index in [0.717, 1.165) is 96.3 Å². The van der Waals surface area contributed by atoms with Crippen LogP contribution in [0.5, 0.6) is 0 Å². The molecular weight excluding hydrogens is 925 g/mol. The first-order chi connectivity index (χ1) is 37.0. The fourth-order valence-corrected chi connectivity index (χ4v) is 9.61. The Labute approximate surface area is 466 Å². The molecule has 0 aliphatic carbocycles. The van der Waals surface area contributed by atoms with E-state index in [1.165, 1.54) is 205 Å². The molecule has 0 aromatic carbocycles. The molecule has 0 amide bonds. The van der Waals surface area contributed by atoms with Crippen molar-refractivity contribution in [3.05, 3.63) is 60.8 Å². The van der Waals surface area contributed by atoms with Gasteiger partial charge in [0.05, 0.1) is 0 Å². The summed E-state index contributed by atoms with van der Waals surface area (Å²) in [6, 6.07) is 0. The lowest BCUT2D eigenvalue weighted by Gasteiger charge is -2.18. The summed E-state index contributed by atoms with van der Waals surface area (Å²) < 4.78 is 16.9. The molecule has 6 heteroatoms. The molecule has 0 aliphatic rings. The van der Waals surface area contributed by atoms with Crippen LogP contribution in [0.15, 0.2) is 60.8 Å². The van der Waals surface area contributed by atoms with E-state index in [0.29, 0.717) is 19.3 Å². The van der Waals surface area contributed by atoms with E-state index in [9.17, 15) is 14.4 Å². The summed E-state index contributed by atoms with van der Waals surface area (Å²) in [5, 5.41) is 0. The molecule has 436 valence electrons. The molecule has 0 aromatic rings. The summed E-state index contributed by atoms with van der Waals surface area (Å²) in [4.78, 5) is 38.3. The van der Waals surface area contributed by atoms with Gasteiger partial charge in [-0.2, -0.15) is 0 Å². The van der Waals surface area contributed by atoms with Gasteiger partial charge in [-0.1, -0.05) is 300 Å². The van der Waals surface area contributed by atoms with Crippen LogP contribution in [0.3, 0.4) is 0 Å². The molecule has 0 radical (unpaired) electrons. The van der Waals surface area contributed by atoms with Crippen molar-refractivity contribution in [2.75, 3.05) is 13.2 Å². The van der Waals surface area contributed by atoms with Crippen LogP contribution in [0.25, 0.3) is 0 Å². The van der Waals surface area contributed by atoms with E-state index in [2.05, 4.69) is 81.5 Å². The molecule has 6 nitrogen and oxygen atoms in total. The standard InChI is InChI=1S/C69H124O6/c1-4-7-10-13-16-19-22-25-28-30-32-34-36-37-39-41-44-47-50-53-56-59-62-68(71)74-65-66(64-73-67(70)61-58-55-52-49-46-43-27-24-21-18-15-12-9-6-3)75-69(72)63-60-57-54-51-48-45-42-40-38-35-33-31-29-26-23-20-17-14-11-8-5-2/h8,11,17,20,24,26-27,29,33,35,66H,4-7,9-10,12-16,18-19,21-23,25,28,30-32,34,36-65H2,1-3H3/b11-8-,20-17-,27-24-,29-26-,35-33-. The molecule has 0 saturated heterocycles. The SMILES string of the molecule is CC/C=C\C/C=C\C/C=C\C/C=C\CCCCCCCCCCC(=O)OC(COC(=O)CCCCCCC/C=C\CCCCCCC)COC(=O)CCCCCCCCCCCCCCCCCCCCCCCC. The van der Waals surface area contributed by atoms with Crippen molar-refractivity contribution >= 4 is 17.9 Å². The van der Waals surface area contributed by atoms with E-state index in [-0.39, 0.29) is 31.1 Å². The summed E-state index contributed by atoms with van der Waals surface area (Å²) in [5.74, 6) is -0.874. The zero-order valence-corrected chi connectivity index (χ0v) is 50.1. The van der Waals surface area contributed by atoms with Gasteiger partial charge in [0, 0.05) is 19.3 Å². The fraction of sp³-hybridized carbons (Fsp3) is 0.812. The number of hydrogen-bond donors (Lipinski definition) is 0. The van der Waals surface area contributed by atoms with Crippen molar-refractivity contribution in [2.45, 2.75) is 348 Å². The van der Waals surface area contributed by atoms with E-state index >= 15 is 0 Å². The lowest BCUT2D eigenvalue weighted by atomic mass is 10.0. The van der Waals surface area contributed by atoms with Crippen molar-refractivity contribution in [3.8, 4) is 0 Å². The van der Waals surface area contributed by atoms with E-state index in [4.69, 9.17) is 14.2 Å². The molecule has 0 aliphatic heterocycles. The second-order valence-corrected chi connectivity index (χ2v) is 22.0. The van der Waals surface area contributed by atoms with Gasteiger partial charge < -0.3 is 14.2 Å². The smallest absolute Gasteiger partial charge is 0.306 e. The predicted molar refractivity (Wildman–Crippen MR) is 325 cm³/mol. The highest BCUT2D eigenvalue weighted by atomic mass is 16.6. The Morgan fingerprint density at radius 3 is 0.827 bits per heavy atom. The number of rotatable bonds is 60. The van der Waals surface area contributed by atoms with Gasteiger partial charge in [0.25, 0.3) is 0 Å².